The third-order valence-corrected chi connectivity index (χ3v) is 4.62. The monoisotopic (exact) mass is 261 g/mol. The summed E-state index contributed by atoms with van der Waals surface area (Å²) < 4.78 is 11.1. The Morgan fingerprint density at radius 3 is 2.18 bits per heavy atom. The second-order valence-corrected chi connectivity index (χ2v) is 6.77. The molecule has 0 aromatic heterocycles. The second-order valence-electron chi connectivity index (χ2n) is 4.97. The van der Waals surface area contributed by atoms with E-state index in [2.05, 4.69) is 19.2 Å². The number of hydrogen-bond acceptors (Lipinski definition) is 2. The van der Waals surface area contributed by atoms with Crippen LogP contribution in [0.5, 0.6) is 0 Å². The van der Waals surface area contributed by atoms with Crippen LogP contribution >= 0.6 is 0 Å². The van der Waals surface area contributed by atoms with Crippen LogP contribution in [0.25, 0.3) is 0 Å². The van der Waals surface area contributed by atoms with E-state index in [9.17, 15) is 4.21 Å². The predicted octanol–water partition coefficient (Wildman–Crippen LogP) is 3.48. The molecule has 0 heterocycles. The van der Waals surface area contributed by atoms with Gasteiger partial charge in [-0.25, -0.2) is 0 Å². The zero-order chi connectivity index (χ0) is 12.9. The quantitative estimate of drug-likeness (QED) is 0.545. The highest BCUT2D eigenvalue weighted by Gasteiger charge is 2.04. The molecule has 104 valence electrons. The number of rotatable bonds is 12. The zero-order valence-corrected chi connectivity index (χ0v) is 12.8. The van der Waals surface area contributed by atoms with Crippen molar-refractivity contribution >= 4 is 10.8 Å². The highest BCUT2D eigenvalue weighted by Crippen LogP contribution is 2.06. The molecule has 17 heavy (non-hydrogen) atoms. The lowest BCUT2D eigenvalue weighted by atomic mass is 10.1. The maximum atomic E-state index is 11.1. The third kappa shape index (κ3) is 12.4. The number of unbranched alkanes of at least 4 members (excludes halogenated alkanes) is 6. The van der Waals surface area contributed by atoms with E-state index in [1.54, 1.807) is 6.26 Å². The Labute approximate surface area is 110 Å². The molecule has 0 fully saturated rings. The fourth-order valence-electron chi connectivity index (χ4n) is 1.80. The van der Waals surface area contributed by atoms with E-state index in [0.717, 1.165) is 19.5 Å². The van der Waals surface area contributed by atoms with E-state index in [4.69, 9.17) is 0 Å². The van der Waals surface area contributed by atoms with Gasteiger partial charge in [-0.15, -0.1) is 0 Å². The molecule has 0 saturated carbocycles. The minimum absolute atomic E-state index is 0.330. The molecule has 0 saturated heterocycles. The van der Waals surface area contributed by atoms with Crippen molar-refractivity contribution in [3.63, 3.8) is 0 Å². The summed E-state index contributed by atoms with van der Waals surface area (Å²) in [7, 11) is -0.664. The molecule has 0 amide bonds. The van der Waals surface area contributed by atoms with Gasteiger partial charge in [0.25, 0.3) is 0 Å². The smallest absolute Gasteiger partial charge is 0.0329 e. The van der Waals surface area contributed by atoms with Crippen molar-refractivity contribution < 1.29 is 4.21 Å². The lowest BCUT2D eigenvalue weighted by Crippen LogP contribution is -2.22. The van der Waals surface area contributed by atoms with E-state index in [0.29, 0.717) is 5.25 Å². The van der Waals surface area contributed by atoms with Crippen LogP contribution in [0.3, 0.4) is 0 Å². The van der Waals surface area contributed by atoms with Gasteiger partial charge in [-0.2, -0.15) is 0 Å². The first-order valence-corrected chi connectivity index (χ1v) is 8.83. The van der Waals surface area contributed by atoms with Gasteiger partial charge in [0.2, 0.25) is 0 Å². The first-order valence-electron chi connectivity index (χ1n) is 7.21. The molecule has 2 nitrogen and oxygen atoms in total. The van der Waals surface area contributed by atoms with Crippen molar-refractivity contribution in [2.75, 3.05) is 19.3 Å². The average Bonchev–Trinajstić information content (AvgIpc) is 2.31. The number of nitrogens with one attached hydrogen (secondary N) is 1. The Balaban J connectivity index is 3.06. The van der Waals surface area contributed by atoms with Crippen LogP contribution in [0.4, 0.5) is 0 Å². The van der Waals surface area contributed by atoms with Crippen molar-refractivity contribution in [1.29, 1.82) is 0 Å². The molecule has 0 aliphatic heterocycles. The third-order valence-electron chi connectivity index (χ3n) is 3.25. The summed E-state index contributed by atoms with van der Waals surface area (Å²) >= 11 is 0. The Bertz CT molecular complexity index is 185. The molecule has 0 spiro atoms. The SMILES string of the molecule is CCCCCCCCCNCCC(C)S(C)=O. The average molecular weight is 261 g/mol. The molecule has 0 aromatic rings. The molecule has 2 unspecified atom stereocenters. The standard InChI is InChI=1S/C14H31NOS/c1-4-5-6-7-8-9-10-12-15-13-11-14(2)17(3)16/h14-15H,4-13H2,1-3H3. The van der Waals surface area contributed by atoms with Crippen LogP contribution in [0, 0.1) is 0 Å². The molecule has 0 rings (SSSR count). The van der Waals surface area contributed by atoms with Gasteiger partial charge in [0.1, 0.15) is 0 Å². The van der Waals surface area contributed by atoms with E-state index in [1.807, 2.05) is 0 Å². The van der Waals surface area contributed by atoms with E-state index in [1.165, 1.54) is 44.9 Å². The Morgan fingerprint density at radius 2 is 1.59 bits per heavy atom. The fourth-order valence-corrected chi connectivity index (χ4v) is 2.25. The maximum absolute atomic E-state index is 11.1. The van der Waals surface area contributed by atoms with Crippen LogP contribution in [-0.2, 0) is 10.8 Å². The van der Waals surface area contributed by atoms with Gasteiger partial charge in [0, 0.05) is 22.3 Å². The van der Waals surface area contributed by atoms with Crippen molar-refractivity contribution in [2.45, 2.75) is 70.5 Å². The zero-order valence-electron chi connectivity index (χ0n) is 12.0. The van der Waals surface area contributed by atoms with Gasteiger partial charge >= 0.3 is 0 Å². The van der Waals surface area contributed by atoms with Gasteiger partial charge < -0.3 is 5.32 Å². The van der Waals surface area contributed by atoms with Crippen molar-refractivity contribution in [3.05, 3.63) is 0 Å². The predicted molar refractivity (Wildman–Crippen MR) is 79.0 cm³/mol. The lowest BCUT2D eigenvalue weighted by Gasteiger charge is -2.09. The topological polar surface area (TPSA) is 29.1 Å². The minimum Gasteiger partial charge on any atom is -0.317 e. The first-order chi connectivity index (χ1) is 8.18. The molecule has 0 aliphatic carbocycles. The van der Waals surface area contributed by atoms with Gasteiger partial charge in [-0.05, 0) is 25.9 Å². The summed E-state index contributed by atoms with van der Waals surface area (Å²) in [6, 6.07) is 0. The Hall–Kier alpha value is 0.110. The van der Waals surface area contributed by atoms with E-state index < -0.39 is 10.8 Å². The van der Waals surface area contributed by atoms with Gasteiger partial charge in [-0.1, -0.05) is 52.4 Å². The van der Waals surface area contributed by atoms with Crippen molar-refractivity contribution in [1.82, 2.24) is 5.32 Å². The Kier molecular flexibility index (Phi) is 12.6. The van der Waals surface area contributed by atoms with Crippen LogP contribution in [0.1, 0.15) is 65.2 Å². The molecular weight excluding hydrogens is 230 g/mol. The van der Waals surface area contributed by atoms with Crippen LogP contribution in [0.15, 0.2) is 0 Å². The van der Waals surface area contributed by atoms with Crippen molar-refractivity contribution in [3.8, 4) is 0 Å². The highest BCUT2D eigenvalue weighted by molar-refractivity contribution is 7.84. The molecule has 0 aliphatic rings. The minimum atomic E-state index is -0.664. The summed E-state index contributed by atoms with van der Waals surface area (Å²) in [5.41, 5.74) is 0. The molecular formula is C14H31NOS. The molecule has 0 radical (unpaired) electrons. The van der Waals surface area contributed by atoms with Gasteiger partial charge in [0.05, 0.1) is 0 Å². The summed E-state index contributed by atoms with van der Waals surface area (Å²) in [5.74, 6) is 0. The number of hydrogen-bond donors (Lipinski definition) is 1. The van der Waals surface area contributed by atoms with Crippen LogP contribution < -0.4 is 5.32 Å². The molecule has 1 N–H and O–H groups in total. The first kappa shape index (κ1) is 17.1. The normalized spacial score (nSPS) is 14.8. The molecule has 3 heteroatoms. The molecule has 2 atom stereocenters. The fraction of sp³-hybridized carbons (Fsp3) is 1.00. The van der Waals surface area contributed by atoms with E-state index in [-0.39, 0.29) is 0 Å². The van der Waals surface area contributed by atoms with Crippen molar-refractivity contribution in [2.24, 2.45) is 0 Å². The summed E-state index contributed by atoms with van der Waals surface area (Å²) in [6.07, 6.45) is 12.4. The summed E-state index contributed by atoms with van der Waals surface area (Å²) in [6.45, 7) is 6.45. The van der Waals surface area contributed by atoms with E-state index >= 15 is 0 Å². The van der Waals surface area contributed by atoms with Crippen LogP contribution in [-0.4, -0.2) is 28.8 Å². The second kappa shape index (κ2) is 12.6. The largest absolute Gasteiger partial charge is 0.317 e. The van der Waals surface area contributed by atoms with Gasteiger partial charge in [-0.3, -0.25) is 4.21 Å². The highest BCUT2D eigenvalue weighted by atomic mass is 32.2. The summed E-state index contributed by atoms with van der Waals surface area (Å²) in [4.78, 5) is 0. The van der Waals surface area contributed by atoms with Gasteiger partial charge in [0.15, 0.2) is 0 Å². The maximum Gasteiger partial charge on any atom is 0.0329 e. The lowest BCUT2D eigenvalue weighted by molar-refractivity contribution is 0.555. The molecule has 0 bridgehead atoms. The molecule has 0 aromatic carbocycles. The summed E-state index contributed by atoms with van der Waals surface area (Å²) in [5, 5.41) is 3.77. The van der Waals surface area contributed by atoms with Crippen LogP contribution in [0.2, 0.25) is 0 Å². The Morgan fingerprint density at radius 1 is 1.00 bits per heavy atom.